The van der Waals surface area contributed by atoms with Crippen molar-refractivity contribution in [2.45, 2.75) is 39.3 Å². The summed E-state index contributed by atoms with van der Waals surface area (Å²) in [4.78, 5) is 27.0. The van der Waals surface area contributed by atoms with Gasteiger partial charge >= 0.3 is 0 Å². The third-order valence-electron chi connectivity index (χ3n) is 5.83. The topological polar surface area (TPSA) is 102 Å². The summed E-state index contributed by atoms with van der Waals surface area (Å²) in [5.74, 6) is 0.170. The Labute approximate surface area is 209 Å². The molecule has 0 saturated heterocycles. The highest BCUT2D eigenvalue weighted by Crippen LogP contribution is 2.28. The number of benzene rings is 2. The van der Waals surface area contributed by atoms with E-state index in [2.05, 4.69) is 26.8 Å². The number of nitrogens with two attached hydrogens (primary N) is 1. The second kappa shape index (κ2) is 10.3. The van der Waals surface area contributed by atoms with Gasteiger partial charge in [0, 0.05) is 23.7 Å². The number of rotatable bonds is 8. The summed E-state index contributed by atoms with van der Waals surface area (Å²) in [6.45, 7) is 6.33. The number of amides is 1. The van der Waals surface area contributed by atoms with E-state index < -0.39 is 11.5 Å². The number of hydrogen-bond acceptors (Lipinski definition) is 6. The number of aromatic nitrogens is 2. The van der Waals surface area contributed by atoms with Gasteiger partial charge in [0.05, 0.1) is 33.1 Å². The average Bonchev–Trinajstić information content (AvgIpc) is 2.86. The zero-order valence-corrected chi connectivity index (χ0v) is 20.7. The summed E-state index contributed by atoms with van der Waals surface area (Å²) < 4.78 is 0. The van der Waals surface area contributed by atoms with Crippen molar-refractivity contribution in [1.82, 2.24) is 15.4 Å². The molecule has 0 aliphatic heterocycles. The molecule has 0 atom stereocenters. The number of carbonyl (C=O) groups excluding carboxylic acids is 1. The lowest BCUT2D eigenvalue weighted by Crippen LogP contribution is -2.35. The summed E-state index contributed by atoms with van der Waals surface area (Å²) in [5, 5.41) is 4.69. The molecule has 0 spiro atoms. The highest BCUT2D eigenvalue weighted by Gasteiger charge is 2.19. The molecule has 2 heterocycles. The van der Waals surface area contributed by atoms with E-state index in [9.17, 15) is 4.79 Å². The molecule has 0 fully saturated rings. The maximum absolute atomic E-state index is 12.5. The number of nitrogens with one attached hydrogen (secondary N) is 2. The molecule has 0 bridgehead atoms. The van der Waals surface area contributed by atoms with Crippen molar-refractivity contribution >= 4 is 39.9 Å². The van der Waals surface area contributed by atoms with E-state index in [0.717, 1.165) is 28.5 Å². The molecule has 0 saturated carbocycles. The van der Waals surface area contributed by atoms with Crippen LogP contribution in [0, 0.1) is 0 Å². The second-order valence-electron chi connectivity index (χ2n) is 8.86. The van der Waals surface area contributed by atoms with E-state index in [1.54, 1.807) is 30.5 Å². The molecule has 2 aromatic carbocycles. The Hall–Kier alpha value is -3.68. The van der Waals surface area contributed by atoms with E-state index in [-0.39, 0.29) is 0 Å². The lowest BCUT2D eigenvalue weighted by molar-refractivity contribution is -0.0720. The van der Waals surface area contributed by atoms with Gasteiger partial charge in [-0.25, -0.2) is 10.5 Å². The molecule has 2 aromatic heterocycles. The number of nitrogen functional groups attached to an aromatic ring is 1. The number of nitrogens with zero attached hydrogens (tertiary/aromatic N) is 2. The number of hydrogen-bond donors (Lipinski definition) is 3. The fourth-order valence-electron chi connectivity index (χ4n) is 3.36. The van der Waals surface area contributed by atoms with Crippen LogP contribution in [0.1, 0.15) is 43.1 Å². The Kier molecular flexibility index (Phi) is 7.19. The molecule has 35 heavy (non-hydrogen) atoms. The van der Waals surface area contributed by atoms with Crippen molar-refractivity contribution in [3.63, 3.8) is 0 Å². The Bertz CT molecular complexity index is 1370. The van der Waals surface area contributed by atoms with Gasteiger partial charge in [0.15, 0.2) is 0 Å². The SMILES string of the molecule is CCC(C)(C)ONC(=O)c1ccc(-c2ccc(N)c(NCc3ccc4ncccc4c3)n2)cc1Cl. The van der Waals surface area contributed by atoms with Crippen molar-refractivity contribution in [2.75, 3.05) is 11.1 Å². The van der Waals surface area contributed by atoms with Gasteiger partial charge < -0.3 is 11.1 Å². The molecule has 8 heteroatoms. The zero-order valence-electron chi connectivity index (χ0n) is 19.9. The van der Waals surface area contributed by atoms with Gasteiger partial charge in [0.25, 0.3) is 5.91 Å². The minimum atomic E-state index is -0.469. The van der Waals surface area contributed by atoms with Crippen LogP contribution in [0.15, 0.2) is 66.9 Å². The number of halogens is 1. The van der Waals surface area contributed by atoms with E-state index >= 15 is 0 Å². The Morgan fingerprint density at radius 1 is 1.11 bits per heavy atom. The van der Waals surface area contributed by atoms with Gasteiger partial charge in [0.1, 0.15) is 5.82 Å². The van der Waals surface area contributed by atoms with E-state index in [4.69, 9.17) is 22.2 Å². The van der Waals surface area contributed by atoms with Gasteiger partial charge in [-0.2, -0.15) is 0 Å². The monoisotopic (exact) mass is 489 g/mol. The van der Waals surface area contributed by atoms with Crippen LogP contribution >= 0.6 is 11.6 Å². The van der Waals surface area contributed by atoms with Crippen LogP contribution < -0.4 is 16.5 Å². The number of carbonyl (C=O) groups is 1. The summed E-state index contributed by atoms with van der Waals surface area (Å²) in [6, 6.07) is 18.8. The maximum atomic E-state index is 12.5. The van der Waals surface area contributed by atoms with Crippen molar-refractivity contribution < 1.29 is 9.63 Å². The standard InChI is InChI=1S/C27H28ClN5O2/c1-4-27(2,3)35-33-26(34)20-9-8-19(15-21(20)28)24-12-10-22(29)25(32-24)31-16-17-7-11-23-18(14-17)6-5-13-30-23/h5-15H,4,16,29H2,1-3H3,(H,31,32)(H,33,34). The quantitative estimate of drug-likeness (QED) is 0.262. The molecule has 1 amide bonds. The van der Waals surface area contributed by atoms with E-state index in [1.165, 1.54) is 0 Å². The van der Waals surface area contributed by atoms with Crippen LogP contribution in [0.2, 0.25) is 5.02 Å². The number of hydroxylamine groups is 1. The van der Waals surface area contributed by atoms with Crippen LogP contribution in [-0.2, 0) is 11.4 Å². The van der Waals surface area contributed by atoms with Gasteiger partial charge in [-0.15, -0.1) is 0 Å². The first-order chi connectivity index (χ1) is 16.8. The molecule has 4 N–H and O–H groups in total. The first-order valence-electron chi connectivity index (χ1n) is 11.4. The molecule has 7 nitrogen and oxygen atoms in total. The predicted octanol–water partition coefficient (Wildman–Crippen LogP) is 5.99. The fraction of sp³-hybridized carbons (Fsp3) is 0.222. The first-order valence-corrected chi connectivity index (χ1v) is 11.8. The van der Waals surface area contributed by atoms with Crippen molar-refractivity contribution in [2.24, 2.45) is 0 Å². The van der Waals surface area contributed by atoms with E-state index in [1.807, 2.05) is 51.1 Å². The van der Waals surface area contributed by atoms with Crippen LogP contribution in [0.5, 0.6) is 0 Å². The van der Waals surface area contributed by atoms with Gasteiger partial charge in [-0.3, -0.25) is 14.6 Å². The van der Waals surface area contributed by atoms with Crippen molar-refractivity contribution in [1.29, 1.82) is 0 Å². The predicted molar refractivity (Wildman–Crippen MR) is 141 cm³/mol. The third-order valence-corrected chi connectivity index (χ3v) is 6.15. The smallest absolute Gasteiger partial charge is 0.276 e. The minimum absolute atomic E-state index is 0.302. The number of pyridine rings is 2. The zero-order chi connectivity index (χ0) is 25.0. The molecular weight excluding hydrogens is 462 g/mol. The second-order valence-corrected chi connectivity index (χ2v) is 9.27. The lowest BCUT2D eigenvalue weighted by Gasteiger charge is -2.22. The highest BCUT2D eigenvalue weighted by atomic mass is 35.5. The van der Waals surface area contributed by atoms with Gasteiger partial charge in [-0.05, 0) is 68.3 Å². The minimum Gasteiger partial charge on any atom is -0.396 e. The molecule has 4 rings (SSSR count). The molecule has 180 valence electrons. The van der Waals surface area contributed by atoms with Crippen LogP contribution in [-0.4, -0.2) is 21.5 Å². The lowest BCUT2D eigenvalue weighted by atomic mass is 10.1. The Morgan fingerprint density at radius 3 is 2.71 bits per heavy atom. The summed E-state index contributed by atoms with van der Waals surface area (Å²) >= 11 is 6.43. The summed E-state index contributed by atoms with van der Waals surface area (Å²) in [7, 11) is 0. The maximum Gasteiger partial charge on any atom is 0.276 e. The van der Waals surface area contributed by atoms with Gasteiger partial charge in [0.2, 0.25) is 0 Å². The Morgan fingerprint density at radius 2 is 1.94 bits per heavy atom. The first kappa shape index (κ1) is 24.4. The Balaban J connectivity index is 1.49. The molecule has 0 aliphatic rings. The normalized spacial score (nSPS) is 11.4. The van der Waals surface area contributed by atoms with E-state index in [0.29, 0.717) is 34.3 Å². The summed E-state index contributed by atoms with van der Waals surface area (Å²) in [5.41, 5.74) is 12.5. The fourth-order valence-corrected chi connectivity index (χ4v) is 3.63. The van der Waals surface area contributed by atoms with Crippen LogP contribution in [0.3, 0.4) is 0 Å². The molecular formula is C27H28ClN5O2. The largest absolute Gasteiger partial charge is 0.396 e. The molecule has 4 aromatic rings. The molecule has 0 aliphatic carbocycles. The number of anilines is 2. The molecule has 0 radical (unpaired) electrons. The highest BCUT2D eigenvalue weighted by molar-refractivity contribution is 6.34. The average molecular weight is 490 g/mol. The molecule has 0 unspecified atom stereocenters. The summed E-state index contributed by atoms with van der Waals surface area (Å²) in [6.07, 6.45) is 2.53. The third kappa shape index (κ3) is 5.88. The van der Waals surface area contributed by atoms with Crippen molar-refractivity contribution in [3.05, 3.63) is 83.0 Å². The number of fused-ring (bicyclic) bond motifs is 1. The van der Waals surface area contributed by atoms with Crippen LogP contribution in [0.4, 0.5) is 11.5 Å². The van der Waals surface area contributed by atoms with Gasteiger partial charge in [-0.1, -0.05) is 36.7 Å². The van der Waals surface area contributed by atoms with Crippen LogP contribution in [0.25, 0.3) is 22.2 Å². The van der Waals surface area contributed by atoms with Crippen molar-refractivity contribution in [3.8, 4) is 11.3 Å².